The van der Waals surface area contributed by atoms with Gasteiger partial charge in [-0.15, -0.1) is 11.3 Å². The van der Waals surface area contributed by atoms with E-state index in [9.17, 15) is 0 Å². The number of hydrogen-bond acceptors (Lipinski definition) is 4. The van der Waals surface area contributed by atoms with Crippen LogP contribution in [0.4, 0.5) is 5.69 Å². The number of rotatable bonds is 5. The first kappa shape index (κ1) is 14.1. The van der Waals surface area contributed by atoms with E-state index in [1.165, 1.54) is 5.52 Å². The van der Waals surface area contributed by atoms with Gasteiger partial charge in [0.2, 0.25) is 0 Å². The van der Waals surface area contributed by atoms with E-state index in [0.29, 0.717) is 0 Å². The third-order valence-electron chi connectivity index (χ3n) is 3.58. The SMILES string of the molecule is CCCc1nc2cc(N)ccc2n1CCc1csc(C)n1. The van der Waals surface area contributed by atoms with Gasteiger partial charge in [0.15, 0.2) is 0 Å². The molecule has 0 amide bonds. The second kappa shape index (κ2) is 5.85. The minimum absolute atomic E-state index is 0.769. The number of nitrogens with zero attached hydrogens (tertiary/aromatic N) is 3. The highest BCUT2D eigenvalue weighted by Gasteiger charge is 2.11. The molecular formula is C16H20N4S. The molecule has 5 heteroatoms. The van der Waals surface area contributed by atoms with Gasteiger partial charge < -0.3 is 10.3 Å². The van der Waals surface area contributed by atoms with Gasteiger partial charge in [-0.1, -0.05) is 6.92 Å². The number of imidazole rings is 1. The molecule has 0 atom stereocenters. The lowest BCUT2D eigenvalue weighted by Crippen LogP contribution is -2.06. The summed E-state index contributed by atoms with van der Waals surface area (Å²) in [6.45, 7) is 5.15. The first-order valence-corrected chi connectivity index (χ1v) is 8.21. The number of hydrogen-bond donors (Lipinski definition) is 1. The lowest BCUT2D eigenvalue weighted by molar-refractivity contribution is 0.653. The molecule has 3 aromatic rings. The molecule has 0 aliphatic carbocycles. The molecular weight excluding hydrogens is 280 g/mol. The summed E-state index contributed by atoms with van der Waals surface area (Å²) in [5.41, 5.74) is 9.96. The van der Waals surface area contributed by atoms with E-state index in [1.54, 1.807) is 11.3 Å². The Morgan fingerprint density at radius 1 is 1.24 bits per heavy atom. The summed E-state index contributed by atoms with van der Waals surface area (Å²) in [5.74, 6) is 1.14. The van der Waals surface area contributed by atoms with E-state index in [1.807, 2.05) is 19.1 Å². The molecule has 0 aliphatic heterocycles. The van der Waals surface area contributed by atoms with Crippen molar-refractivity contribution in [3.8, 4) is 0 Å². The van der Waals surface area contributed by atoms with E-state index in [0.717, 1.165) is 53.5 Å². The van der Waals surface area contributed by atoms with Crippen LogP contribution in [0.3, 0.4) is 0 Å². The highest BCUT2D eigenvalue weighted by Crippen LogP contribution is 2.21. The normalized spacial score (nSPS) is 11.3. The van der Waals surface area contributed by atoms with Crippen molar-refractivity contribution in [2.24, 2.45) is 0 Å². The Kier molecular flexibility index (Phi) is 3.92. The monoisotopic (exact) mass is 300 g/mol. The van der Waals surface area contributed by atoms with Gasteiger partial charge in [-0.05, 0) is 31.5 Å². The van der Waals surface area contributed by atoms with Crippen LogP contribution in [-0.2, 0) is 19.4 Å². The molecule has 3 rings (SSSR count). The van der Waals surface area contributed by atoms with Crippen LogP contribution >= 0.6 is 11.3 Å². The maximum atomic E-state index is 5.87. The zero-order chi connectivity index (χ0) is 14.8. The molecule has 2 N–H and O–H groups in total. The van der Waals surface area contributed by atoms with Gasteiger partial charge in [0.05, 0.1) is 21.7 Å². The van der Waals surface area contributed by atoms with Crippen molar-refractivity contribution in [3.63, 3.8) is 0 Å². The topological polar surface area (TPSA) is 56.7 Å². The quantitative estimate of drug-likeness (QED) is 0.733. The third kappa shape index (κ3) is 2.93. The molecule has 21 heavy (non-hydrogen) atoms. The first-order chi connectivity index (χ1) is 10.2. The molecule has 4 nitrogen and oxygen atoms in total. The van der Waals surface area contributed by atoms with Crippen LogP contribution < -0.4 is 5.73 Å². The van der Waals surface area contributed by atoms with Crippen LogP contribution in [0, 0.1) is 6.92 Å². The Labute approximate surface area is 128 Å². The smallest absolute Gasteiger partial charge is 0.109 e. The highest BCUT2D eigenvalue weighted by atomic mass is 32.1. The second-order valence-electron chi connectivity index (χ2n) is 5.29. The van der Waals surface area contributed by atoms with Crippen LogP contribution in [0.2, 0.25) is 0 Å². The molecule has 2 heterocycles. The standard InChI is InChI=1S/C16H20N4S/c1-3-4-16-19-14-9-12(17)5-6-15(14)20(16)8-7-13-10-21-11(2)18-13/h5-6,9-10H,3-4,7-8,17H2,1-2H3. The van der Waals surface area contributed by atoms with Crippen molar-refractivity contribution >= 4 is 28.1 Å². The predicted molar refractivity (Wildman–Crippen MR) is 88.7 cm³/mol. The zero-order valence-corrected chi connectivity index (χ0v) is 13.3. The molecule has 0 saturated carbocycles. The summed E-state index contributed by atoms with van der Waals surface area (Å²) in [6, 6.07) is 5.98. The Bertz CT molecular complexity index is 757. The van der Waals surface area contributed by atoms with E-state index < -0.39 is 0 Å². The number of aryl methyl sites for hydroxylation is 4. The van der Waals surface area contributed by atoms with Crippen molar-refractivity contribution in [1.82, 2.24) is 14.5 Å². The fraction of sp³-hybridized carbons (Fsp3) is 0.375. The average molecular weight is 300 g/mol. The van der Waals surface area contributed by atoms with Gasteiger partial charge in [-0.2, -0.15) is 0 Å². The molecule has 1 aromatic carbocycles. The van der Waals surface area contributed by atoms with Gasteiger partial charge in [0.1, 0.15) is 5.82 Å². The number of nitrogen functional groups attached to an aromatic ring is 1. The molecule has 110 valence electrons. The van der Waals surface area contributed by atoms with Crippen molar-refractivity contribution in [2.75, 3.05) is 5.73 Å². The Hall–Kier alpha value is -1.88. The lowest BCUT2D eigenvalue weighted by atomic mass is 10.2. The number of anilines is 1. The summed E-state index contributed by atoms with van der Waals surface area (Å²) < 4.78 is 2.31. The van der Waals surface area contributed by atoms with Crippen molar-refractivity contribution < 1.29 is 0 Å². The van der Waals surface area contributed by atoms with Crippen LogP contribution in [0.1, 0.15) is 29.9 Å². The maximum absolute atomic E-state index is 5.87. The van der Waals surface area contributed by atoms with Crippen LogP contribution in [-0.4, -0.2) is 14.5 Å². The molecule has 0 unspecified atom stereocenters. The van der Waals surface area contributed by atoms with Crippen molar-refractivity contribution in [1.29, 1.82) is 0 Å². The summed E-state index contributed by atoms with van der Waals surface area (Å²) in [7, 11) is 0. The molecule has 0 spiro atoms. The average Bonchev–Trinajstić information content (AvgIpc) is 3.00. The van der Waals surface area contributed by atoms with Crippen molar-refractivity contribution in [3.05, 3.63) is 40.1 Å². The van der Waals surface area contributed by atoms with Crippen LogP contribution in [0.5, 0.6) is 0 Å². The predicted octanol–water partition coefficient (Wildman–Crippen LogP) is 3.58. The molecule has 2 aromatic heterocycles. The molecule has 0 bridgehead atoms. The number of aromatic nitrogens is 3. The summed E-state index contributed by atoms with van der Waals surface area (Å²) in [6.07, 6.45) is 3.02. The van der Waals surface area contributed by atoms with E-state index in [4.69, 9.17) is 10.7 Å². The fourth-order valence-electron chi connectivity index (χ4n) is 2.61. The molecule has 0 radical (unpaired) electrons. The summed E-state index contributed by atoms with van der Waals surface area (Å²) in [4.78, 5) is 9.29. The number of thiazole rings is 1. The molecule has 0 saturated heterocycles. The fourth-order valence-corrected chi connectivity index (χ4v) is 3.26. The molecule has 0 aliphatic rings. The van der Waals surface area contributed by atoms with Crippen LogP contribution in [0.25, 0.3) is 11.0 Å². The Balaban J connectivity index is 1.92. The first-order valence-electron chi connectivity index (χ1n) is 7.33. The minimum Gasteiger partial charge on any atom is -0.399 e. The molecule has 0 fully saturated rings. The van der Waals surface area contributed by atoms with Gasteiger partial charge in [-0.3, -0.25) is 0 Å². The zero-order valence-electron chi connectivity index (χ0n) is 12.5. The van der Waals surface area contributed by atoms with Gasteiger partial charge in [-0.25, -0.2) is 9.97 Å². The Morgan fingerprint density at radius 3 is 2.81 bits per heavy atom. The van der Waals surface area contributed by atoms with Gasteiger partial charge >= 0.3 is 0 Å². The van der Waals surface area contributed by atoms with Crippen molar-refractivity contribution in [2.45, 2.75) is 39.7 Å². The summed E-state index contributed by atoms with van der Waals surface area (Å²) in [5, 5.41) is 3.27. The lowest BCUT2D eigenvalue weighted by Gasteiger charge is -2.07. The number of benzene rings is 1. The van der Waals surface area contributed by atoms with E-state index in [2.05, 4.69) is 27.9 Å². The highest BCUT2D eigenvalue weighted by molar-refractivity contribution is 7.09. The van der Waals surface area contributed by atoms with E-state index >= 15 is 0 Å². The maximum Gasteiger partial charge on any atom is 0.109 e. The largest absolute Gasteiger partial charge is 0.399 e. The summed E-state index contributed by atoms with van der Waals surface area (Å²) >= 11 is 1.71. The number of nitrogens with two attached hydrogens (primary N) is 1. The van der Waals surface area contributed by atoms with Gasteiger partial charge in [0, 0.05) is 30.5 Å². The Morgan fingerprint density at radius 2 is 2.10 bits per heavy atom. The minimum atomic E-state index is 0.769. The second-order valence-corrected chi connectivity index (χ2v) is 6.35. The number of fused-ring (bicyclic) bond motifs is 1. The third-order valence-corrected chi connectivity index (χ3v) is 4.41. The van der Waals surface area contributed by atoms with Gasteiger partial charge in [0.25, 0.3) is 0 Å². The van der Waals surface area contributed by atoms with E-state index in [-0.39, 0.29) is 0 Å². The van der Waals surface area contributed by atoms with Crippen LogP contribution in [0.15, 0.2) is 23.6 Å².